The molecule has 9 aromatic rings. The first-order valence-corrected chi connectivity index (χ1v) is 20.3. The second-order valence-corrected chi connectivity index (χ2v) is 17.0. The minimum atomic E-state index is -0.206. The van der Waals surface area contributed by atoms with E-state index < -0.39 is 0 Å². The van der Waals surface area contributed by atoms with Gasteiger partial charge in [0, 0.05) is 39.2 Å². The fourth-order valence-corrected chi connectivity index (χ4v) is 10.2. The fourth-order valence-electron chi connectivity index (χ4n) is 10.2. The van der Waals surface area contributed by atoms with E-state index in [9.17, 15) is 5.26 Å². The average Bonchev–Trinajstić information content (AvgIpc) is 3.66. The third-order valence-corrected chi connectivity index (χ3v) is 12.9. The Morgan fingerprint density at radius 3 is 1.61 bits per heavy atom. The maximum atomic E-state index is 9.82. The standard InChI is InChI=1S/C55H40N4/c1-54(2)48-19-7-5-13-44(48)46-17-9-15-42(50(46)54)37-28-38(43-16-10-18-47-45-14-6-8-20-49(45)55(3,4)51(43)47)31-40(30-37)59(39-25-21-34(32-56)22-26-39)41-29-36-24-23-35-12-11-27-57-52(35)53(36)58-33-41/h5-31,33H,1-4H3. The van der Waals surface area contributed by atoms with Gasteiger partial charge in [0.05, 0.1) is 34.6 Å². The Kier molecular flexibility index (Phi) is 7.58. The Morgan fingerprint density at radius 2 is 1.00 bits per heavy atom. The van der Waals surface area contributed by atoms with Gasteiger partial charge in [-0.3, -0.25) is 9.97 Å². The Labute approximate surface area is 344 Å². The highest BCUT2D eigenvalue weighted by Gasteiger charge is 2.39. The zero-order valence-corrected chi connectivity index (χ0v) is 33.5. The van der Waals surface area contributed by atoms with Gasteiger partial charge >= 0.3 is 0 Å². The van der Waals surface area contributed by atoms with Crippen LogP contribution in [0.3, 0.4) is 0 Å². The normalized spacial score (nSPS) is 14.0. The maximum absolute atomic E-state index is 9.82. The van der Waals surface area contributed by atoms with Gasteiger partial charge < -0.3 is 4.90 Å². The Hall–Kier alpha value is -7.35. The summed E-state index contributed by atoms with van der Waals surface area (Å²) in [7, 11) is 0. The molecule has 0 spiro atoms. The van der Waals surface area contributed by atoms with Gasteiger partial charge in [-0.15, -0.1) is 0 Å². The molecule has 0 atom stereocenters. The Balaban J connectivity index is 1.20. The number of anilines is 3. The molecule has 11 rings (SSSR count). The van der Waals surface area contributed by atoms with Gasteiger partial charge in [0.25, 0.3) is 0 Å². The van der Waals surface area contributed by atoms with Gasteiger partial charge in [-0.2, -0.15) is 5.26 Å². The second kappa shape index (κ2) is 12.8. The van der Waals surface area contributed by atoms with Crippen molar-refractivity contribution in [2.24, 2.45) is 0 Å². The molecule has 0 aliphatic heterocycles. The molecule has 4 nitrogen and oxygen atoms in total. The first kappa shape index (κ1) is 34.9. The number of fused-ring (bicyclic) bond motifs is 9. The van der Waals surface area contributed by atoms with Gasteiger partial charge in [0.2, 0.25) is 0 Å². The predicted molar refractivity (Wildman–Crippen MR) is 242 cm³/mol. The molecule has 59 heavy (non-hydrogen) atoms. The van der Waals surface area contributed by atoms with Crippen LogP contribution in [0.2, 0.25) is 0 Å². The number of hydrogen-bond donors (Lipinski definition) is 0. The lowest BCUT2D eigenvalue weighted by molar-refractivity contribution is 0.662. The highest BCUT2D eigenvalue weighted by atomic mass is 15.1. The zero-order valence-electron chi connectivity index (χ0n) is 33.5. The van der Waals surface area contributed by atoms with Crippen molar-refractivity contribution < 1.29 is 0 Å². The number of pyridine rings is 2. The number of nitrogens with zero attached hydrogens (tertiary/aromatic N) is 4. The molecule has 0 N–H and O–H groups in total. The molecule has 2 aromatic heterocycles. The van der Waals surface area contributed by atoms with Gasteiger partial charge in [-0.25, -0.2) is 0 Å². The molecule has 0 radical (unpaired) electrons. The van der Waals surface area contributed by atoms with Crippen molar-refractivity contribution in [3.8, 4) is 50.6 Å². The van der Waals surface area contributed by atoms with Crippen molar-refractivity contribution in [1.29, 1.82) is 5.26 Å². The smallest absolute Gasteiger partial charge is 0.0991 e. The lowest BCUT2D eigenvalue weighted by atomic mass is 9.77. The van der Waals surface area contributed by atoms with Crippen molar-refractivity contribution in [3.63, 3.8) is 0 Å². The first-order valence-electron chi connectivity index (χ1n) is 20.3. The van der Waals surface area contributed by atoms with E-state index in [4.69, 9.17) is 9.97 Å². The molecule has 0 amide bonds. The van der Waals surface area contributed by atoms with Crippen LogP contribution in [-0.4, -0.2) is 9.97 Å². The van der Waals surface area contributed by atoms with Crippen LogP contribution in [0.5, 0.6) is 0 Å². The highest BCUT2D eigenvalue weighted by Crippen LogP contribution is 2.55. The van der Waals surface area contributed by atoms with E-state index >= 15 is 0 Å². The Bertz CT molecular complexity index is 3110. The fraction of sp³-hybridized carbons (Fsp3) is 0.109. The molecule has 0 fully saturated rings. The van der Waals surface area contributed by atoms with Crippen molar-refractivity contribution in [2.75, 3.05) is 4.90 Å². The van der Waals surface area contributed by atoms with Gasteiger partial charge in [0.15, 0.2) is 0 Å². The molecule has 2 aliphatic rings. The van der Waals surface area contributed by atoms with E-state index in [1.165, 1.54) is 55.6 Å². The summed E-state index contributed by atoms with van der Waals surface area (Å²) in [5, 5.41) is 11.9. The van der Waals surface area contributed by atoms with Gasteiger partial charge in [-0.1, -0.05) is 131 Å². The molecule has 2 aliphatic carbocycles. The second-order valence-electron chi connectivity index (χ2n) is 17.0. The van der Waals surface area contributed by atoms with E-state index in [1.54, 1.807) is 0 Å². The van der Waals surface area contributed by atoms with Crippen molar-refractivity contribution in [3.05, 3.63) is 198 Å². The minimum Gasteiger partial charge on any atom is -0.309 e. The molecule has 2 heterocycles. The van der Waals surface area contributed by atoms with E-state index in [0.29, 0.717) is 5.56 Å². The number of nitriles is 1. The Morgan fingerprint density at radius 1 is 0.458 bits per heavy atom. The number of hydrogen-bond acceptors (Lipinski definition) is 4. The molecule has 0 bridgehead atoms. The number of aromatic nitrogens is 2. The molecule has 4 heteroatoms. The van der Waals surface area contributed by atoms with Crippen molar-refractivity contribution >= 4 is 38.9 Å². The van der Waals surface area contributed by atoms with Gasteiger partial charge in [-0.05, 0) is 121 Å². The maximum Gasteiger partial charge on any atom is 0.0991 e. The summed E-state index contributed by atoms with van der Waals surface area (Å²) in [6.45, 7) is 9.44. The predicted octanol–water partition coefficient (Wildman–Crippen LogP) is 14.1. The SMILES string of the molecule is CC1(C)c2ccccc2-c2cccc(-c3cc(-c4cccc5c4C(C)(C)c4ccccc4-5)cc(N(c4ccc(C#N)cc4)c4cnc5c(ccc6cccnc65)c4)c3)c21. The monoisotopic (exact) mass is 756 g/mol. The third-order valence-electron chi connectivity index (χ3n) is 12.9. The van der Waals surface area contributed by atoms with Crippen molar-refractivity contribution in [2.45, 2.75) is 38.5 Å². The molecule has 7 aromatic carbocycles. The molecule has 0 saturated heterocycles. The minimum absolute atomic E-state index is 0.206. The van der Waals surface area contributed by atoms with Crippen LogP contribution in [0.4, 0.5) is 17.1 Å². The largest absolute Gasteiger partial charge is 0.309 e. The van der Waals surface area contributed by atoms with Crippen LogP contribution >= 0.6 is 0 Å². The highest BCUT2D eigenvalue weighted by molar-refractivity contribution is 6.04. The summed E-state index contributed by atoms with van der Waals surface area (Å²) in [6, 6.07) is 59.1. The quantitative estimate of drug-likeness (QED) is 0.164. The van der Waals surface area contributed by atoms with E-state index in [-0.39, 0.29) is 10.8 Å². The lowest BCUT2D eigenvalue weighted by Crippen LogP contribution is -2.17. The summed E-state index contributed by atoms with van der Waals surface area (Å²) in [5.74, 6) is 0. The average molecular weight is 757 g/mol. The number of rotatable bonds is 5. The summed E-state index contributed by atoms with van der Waals surface area (Å²) in [4.78, 5) is 12.1. The van der Waals surface area contributed by atoms with Crippen LogP contribution in [0.15, 0.2) is 170 Å². The summed E-state index contributed by atoms with van der Waals surface area (Å²) in [5.41, 5.74) is 20.1. The van der Waals surface area contributed by atoms with Crippen LogP contribution < -0.4 is 4.90 Å². The molecule has 280 valence electrons. The molecular weight excluding hydrogens is 717 g/mol. The van der Waals surface area contributed by atoms with E-state index in [1.807, 2.05) is 42.7 Å². The van der Waals surface area contributed by atoms with E-state index in [2.05, 4.69) is 166 Å². The van der Waals surface area contributed by atoms with Crippen LogP contribution in [0.25, 0.3) is 66.3 Å². The van der Waals surface area contributed by atoms with Crippen molar-refractivity contribution in [1.82, 2.24) is 9.97 Å². The molecule has 0 unspecified atom stereocenters. The summed E-state index contributed by atoms with van der Waals surface area (Å²) in [6.07, 6.45) is 3.79. The third kappa shape index (κ3) is 5.21. The molecular formula is C55H40N4. The lowest BCUT2D eigenvalue weighted by Gasteiger charge is -2.29. The van der Waals surface area contributed by atoms with Crippen LogP contribution in [0, 0.1) is 11.3 Å². The molecule has 0 saturated carbocycles. The zero-order chi connectivity index (χ0) is 40.0. The van der Waals surface area contributed by atoms with Gasteiger partial charge in [0.1, 0.15) is 0 Å². The summed E-state index contributed by atoms with van der Waals surface area (Å²) < 4.78 is 0. The van der Waals surface area contributed by atoms with Crippen LogP contribution in [0.1, 0.15) is 55.5 Å². The number of benzene rings is 7. The topological polar surface area (TPSA) is 52.8 Å². The van der Waals surface area contributed by atoms with E-state index in [0.717, 1.165) is 50.0 Å². The first-order chi connectivity index (χ1) is 28.7. The van der Waals surface area contributed by atoms with Crippen LogP contribution in [-0.2, 0) is 10.8 Å². The summed E-state index contributed by atoms with van der Waals surface area (Å²) >= 11 is 0.